The summed E-state index contributed by atoms with van der Waals surface area (Å²) in [5, 5.41) is 10.0. The normalized spacial score (nSPS) is 18.4. The Morgan fingerprint density at radius 3 is 2.82 bits per heavy atom. The lowest BCUT2D eigenvalue weighted by molar-refractivity contribution is -0.131. The predicted molar refractivity (Wildman–Crippen MR) is 67.6 cm³/mol. The molecular formula is C12H10N2O2S. The van der Waals surface area contributed by atoms with Crippen molar-refractivity contribution in [3.63, 3.8) is 0 Å². The molecule has 0 atom stereocenters. The molecule has 0 aromatic heterocycles. The van der Waals surface area contributed by atoms with Crippen LogP contribution in [0.1, 0.15) is 5.56 Å². The van der Waals surface area contributed by atoms with Gasteiger partial charge in [-0.15, -0.1) is 0 Å². The van der Waals surface area contributed by atoms with Gasteiger partial charge in [0, 0.05) is 6.54 Å². The number of aliphatic imine (C=N–C) groups is 1. The second kappa shape index (κ2) is 3.92. The predicted octanol–water partition coefficient (Wildman–Crippen LogP) is 1.86. The summed E-state index contributed by atoms with van der Waals surface area (Å²) in [6.45, 7) is 1.51. The first kappa shape index (κ1) is 10.4. The topological polar surface area (TPSA) is 52.9 Å². The van der Waals surface area contributed by atoms with Gasteiger partial charge in [-0.3, -0.25) is 4.99 Å². The third kappa shape index (κ3) is 1.63. The summed E-state index contributed by atoms with van der Waals surface area (Å²) in [7, 11) is 0. The number of nitrogens with zero attached hydrogens (tertiary/aromatic N) is 2. The smallest absolute Gasteiger partial charge is 0.344 e. The lowest BCUT2D eigenvalue weighted by Gasteiger charge is -2.16. The quantitative estimate of drug-likeness (QED) is 0.865. The van der Waals surface area contributed by atoms with Crippen LogP contribution in [-0.4, -0.2) is 34.2 Å². The van der Waals surface area contributed by atoms with E-state index in [-0.39, 0.29) is 0 Å². The largest absolute Gasteiger partial charge is 0.477 e. The number of rotatable bonds is 2. The molecule has 0 unspecified atom stereocenters. The van der Waals surface area contributed by atoms with Crippen molar-refractivity contribution in [2.75, 3.05) is 13.1 Å². The van der Waals surface area contributed by atoms with Gasteiger partial charge < -0.3 is 10.0 Å². The van der Waals surface area contributed by atoms with Gasteiger partial charge in [-0.2, -0.15) is 0 Å². The van der Waals surface area contributed by atoms with Crippen LogP contribution in [0.4, 0.5) is 0 Å². The molecule has 0 bridgehead atoms. The summed E-state index contributed by atoms with van der Waals surface area (Å²) in [4.78, 5) is 17.9. The molecule has 5 heteroatoms. The van der Waals surface area contributed by atoms with Crippen molar-refractivity contribution in [1.29, 1.82) is 0 Å². The van der Waals surface area contributed by atoms with Gasteiger partial charge in [0.1, 0.15) is 4.91 Å². The molecular weight excluding hydrogens is 236 g/mol. The zero-order valence-electron chi connectivity index (χ0n) is 8.96. The molecule has 1 aromatic carbocycles. The fraction of sp³-hybridized carbons (Fsp3) is 0.167. The Balaban J connectivity index is 2.12. The minimum absolute atomic E-state index is 0.370. The first-order chi connectivity index (χ1) is 8.27. The van der Waals surface area contributed by atoms with Gasteiger partial charge in [0.15, 0.2) is 5.17 Å². The fourth-order valence-corrected chi connectivity index (χ4v) is 3.05. The molecule has 2 aliphatic heterocycles. The summed E-state index contributed by atoms with van der Waals surface area (Å²) in [5.41, 5.74) is 1.71. The standard InChI is InChI=1S/C12H10N2O2S/c15-11(16)10-9(8-4-2-1-3-5-8)14-7-6-13-12(14)17-10/h1-5H,6-7H2,(H,15,16). The van der Waals surface area contributed by atoms with Crippen LogP contribution in [0.2, 0.25) is 0 Å². The highest BCUT2D eigenvalue weighted by molar-refractivity contribution is 8.18. The highest BCUT2D eigenvalue weighted by Gasteiger charge is 2.35. The van der Waals surface area contributed by atoms with Crippen molar-refractivity contribution in [3.05, 3.63) is 40.8 Å². The number of carboxylic acids is 1. The highest BCUT2D eigenvalue weighted by atomic mass is 32.2. The molecule has 0 spiro atoms. The molecule has 2 aliphatic rings. The van der Waals surface area contributed by atoms with Crippen LogP contribution in [-0.2, 0) is 4.79 Å². The number of benzene rings is 1. The Bertz CT molecular complexity index is 537. The van der Waals surface area contributed by atoms with Gasteiger partial charge in [0.2, 0.25) is 0 Å². The molecule has 2 heterocycles. The molecule has 1 N–H and O–H groups in total. The first-order valence-corrected chi connectivity index (χ1v) is 6.12. The minimum atomic E-state index is -0.883. The summed E-state index contributed by atoms with van der Waals surface area (Å²) in [6, 6.07) is 9.61. The average molecular weight is 246 g/mol. The van der Waals surface area contributed by atoms with Gasteiger partial charge in [-0.1, -0.05) is 30.3 Å². The number of carboxylic acid groups (broad SMARTS) is 1. The van der Waals surface area contributed by atoms with Gasteiger partial charge >= 0.3 is 5.97 Å². The van der Waals surface area contributed by atoms with Crippen LogP contribution in [0.3, 0.4) is 0 Å². The Kier molecular flexibility index (Phi) is 2.40. The molecule has 17 heavy (non-hydrogen) atoms. The van der Waals surface area contributed by atoms with Crippen molar-refractivity contribution in [2.45, 2.75) is 0 Å². The maximum absolute atomic E-state index is 11.3. The van der Waals surface area contributed by atoms with Crippen molar-refractivity contribution in [1.82, 2.24) is 4.90 Å². The number of hydrogen-bond donors (Lipinski definition) is 1. The third-order valence-electron chi connectivity index (χ3n) is 2.72. The van der Waals surface area contributed by atoms with Gasteiger partial charge in [-0.05, 0) is 17.3 Å². The van der Waals surface area contributed by atoms with E-state index in [1.807, 2.05) is 35.2 Å². The van der Waals surface area contributed by atoms with Crippen LogP contribution < -0.4 is 0 Å². The maximum Gasteiger partial charge on any atom is 0.344 e. The van der Waals surface area contributed by atoms with Crippen molar-refractivity contribution in [2.24, 2.45) is 4.99 Å². The Hall–Kier alpha value is -1.75. The maximum atomic E-state index is 11.3. The van der Waals surface area contributed by atoms with Crippen molar-refractivity contribution >= 4 is 28.6 Å². The van der Waals surface area contributed by atoms with Gasteiger partial charge in [-0.25, -0.2) is 4.79 Å². The molecule has 0 radical (unpaired) electrons. The molecule has 0 aliphatic carbocycles. The zero-order chi connectivity index (χ0) is 11.8. The van der Waals surface area contributed by atoms with E-state index in [9.17, 15) is 9.90 Å². The molecule has 0 saturated heterocycles. The zero-order valence-corrected chi connectivity index (χ0v) is 9.78. The SMILES string of the molecule is O=C(O)C1=C(c2ccccc2)N2CCN=C2S1. The Morgan fingerprint density at radius 2 is 2.12 bits per heavy atom. The van der Waals surface area contributed by atoms with Crippen LogP contribution in [0.5, 0.6) is 0 Å². The fourth-order valence-electron chi connectivity index (χ4n) is 2.01. The Morgan fingerprint density at radius 1 is 1.35 bits per heavy atom. The number of aliphatic carboxylic acids is 1. The number of hydrogen-bond acceptors (Lipinski definition) is 4. The molecule has 3 rings (SSSR count). The van der Waals surface area contributed by atoms with E-state index in [2.05, 4.69) is 4.99 Å². The number of amidine groups is 1. The summed E-state index contributed by atoms with van der Waals surface area (Å²) < 4.78 is 0. The second-order valence-electron chi connectivity index (χ2n) is 3.77. The van der Waals surface area contributed by atoms with E-state index in [0.717, 1.165) is 29.5 Å². The molecule has 0 fully saturated rings. The molecule has 0 amide bonds. The van der Waals surface area contributed by atoms with Crippen LogP contribution >= 0.6 is 11.8 Å². The highest BCUT2D eigenvalue weighted by Crippen LogP contribution is 2.41. The minimum Gasteiger partial charge on any atom is -0.477 e. The summed E-state index contributed by atoms with van der Waals surface area (Å²) in [5.74, 6) is -0.883. The summed E-state index contributed by atoms with van der Waals surface area (Å²) >= 11 is 1.25. The van der Waals surface area contributed by atoms with Crippen LogP contribution in [0, 0.1) is 0 Å². The molecule has 86 valence electrons. The van der Waals surface area contributed by atoms with E-state index < -0.39 is 5.97 Å². The van der Waals surface area contributed by atoms with E-state index in [1.165, 1.54) is 11.8 Å². The van der Waals surface area contributed by atoms with Crippen molar-refractivity contribution in [3.8, 4) is 0 Å². The monoisotopic (exact) mass is 246 g/mol. The van der Waals surface area contributed by atoms with Crippen LogP contribution in [0.25, 0.3) is 5.70 Å². The van der Waals surface area contributed by atoms with Gasteiger partial charge in [0.25, 0.3) is 0 Å². The second-order valence-corrected chi connectivity index (χ2v) is 4.74. The van der Waals surface area contributed by atoms with E-state index >= 15 is 0 Å². The van der Waals surface area contributed by atoms with Crippen LogP contribution in [0.15, 0.2) is 40.2 Å². The lowest BCUT2D eigenvalue weighted by Crippen LogP contribution is -2.20. The van der Waals surface area contributed by atoms with E-state index in [0.29, 0.717) is 4.91 Å². The van der Waals surface area contributed by atoms with E-state index in [4.69, 9.17) is 0 Å². The van der Waals surface area contributed by atoms with Crippen molar-refractivity contribution < 1.29 is 9.90 Å². The number of fused-ring (bicyclic) bond motifs is 1. The molecule has 1 aromatic rings. The van der Waals surface area contributed by atoms with Gasteiger partial charge in [0.05, 0.1) is 12.2 Å². The summed E-state index contributed by atoms with van der Waals surface area (Å²) in [6.07, 6.45) is 0. The molecule has 0 saturated carbocycles. The van der Waals surface area contributed by atoms with E-state index in [1.54, 1.807) is 0 Å². The number of carbonyl (C=O) groups is 1. The third-order valence-corrected chi connectivity index (χ3v) is 3.83. The number of thioether (sulfide) groups is 1. The average Bonchev–Trinajstić information content (AvgIpc) is 2.89. The Labute approximate surface area is 103 Å². The first-order valence-electron chi connectivity index (χ1n) is 5.30. The lowest BCUT2D eigenvalue weighted by atomic mass is 10.1. The molecule has 4 nitrogen and oxygen atoms in total.